The molecular weight excluding hydrogens is 627 g/mol. The molecule has 0 spiro atoms. The van der Waals surface area contributed by atoms with E-state index in [-0.39, 0.29) is 40.0 Å². The third-order valence-corrected chi connectivity index (χ3v) is 14.1. The van der Waals surface area contributed by atoms with Crippen molar-refractivity contribution in [3.63, 3.8) is 0 Å². The molecule has 0 radical (unpaired) electrons. The molecule has 2 unspecified atom stereocenters. The summed E-state index contributed by atoms with van der Waals surface area (Å²) in [6.45, 7) is 26.1. The Kier molecular flexibility index (Phi) is 11.3. The highest BCUT2D eigenvalue weighted by Gasteiger charge is 2.42. The van der Waals surface area contributed by atoms with Crippen LogP contribution in [-0.2, 0) is 15.7 Å². The third-order valence-electron chi connectivity index (χ3n) is 9.61. The van der Waals surface area contributed by atoms with Crippen LogP contribution in [0, 0.1) is 28.9 Å². The van der Waals surface area contributed by atoms with Crippen molar-refractivity contribution in [3.05, 3.63) is 77.8 Å². The second-order valence-electron chi connectivity index (χ2n) is 16.9. The Morgan fingerprint density at radius 1 is 0.979 bits per heavy atom. The van der Waals surface area contributed by atoms with Crippen molar-refractivity contribution >= 4 is 14.4 Å². The smallest absolute Gasteiger partial charge is 0.410 e. The molecule has 4 rings (SSSR count). The van der Waals surface area contributed by atoms with E-state index in [1.165, 1.54) is 6.07 Å². The number of aromatic nitrogens is 2. The molecule has 1 aliphatic heterocycles. The number of carbonyl (C=O) groups excluding carboxylic acids is 1. The van der Waals surface area contributed by atoms with Crippen molar-refractivity contribution in [3.8, 4) is 11.3 Å². The molecule has 0 bridgehead atoms. The van der Waals surface area contributed by atoms with E-state index in [0.717, 1.165) is 23.5 Å². The summed E-state index contributed by atoms with van der Waals surface area (Å²) >= 11 is 0. The fourth-order valence-electron chi connectivity index (χ4n) is 5.81. The maximum Gasteiger partial charge on any atom is 0.410 e. The van der Waals surface area contributed by atoms with Gasteiger partial charge >= 0.3 is 6.09 Å². The van der Waals surface area contributed by atoms with E-state index in [1.807, 2.05) is 66.8 Å². The number of likely N-dealkylation sites (tertiary alicyclic amines) is 1. The number of nitrogens with zero attached hydrogens (tertiary/aromatic N) is 3. The highest BCUT2D eigenvalue weighted by Crippen LogP contribution is 2.39. The number of ether oxygens (including phenoxy) is 1. The van der Waals surface area contributed by atoms with Crippen molar-refractivity contribution in [2.75, 3.05) is 26.2 Å². The van der Waals surface area contributed by atoms with Crippen LogP contribution in [0.25, 0.3) is 11.3 Å². The zero-order chi connectivity index (χ0) is 35.7. The van der Waals surface area contributed by atoms with Crippen LogP contribution in [0.4, 0.5) is 13.6 Å². The molecule has 2 aromatic carbocycles. The Hall–Kier alpha value is -3.08. The number of rotatable bonds is 10. The van der Waals surface area contributed by atoms with E-state index in [4.69, 9.17) is 14.1 Å². The quantitative estimate of drug-likeness (QED) is 0.216. The van der Waals surface area contributed by atoms with Gasteiger partial charge in [0.2, 0.25) is 0 Å². The van der Waals surface area contributed by atoms with E-state index in [2.05, 4.69) is 60.0 Å². The van der Waals surface area contributed by atoms with Crippen LogP contribution in [0.1, 0.15) is 79.7 Å². The first-order valence-electron chi connectivity index (χ1n) is 17.1. The number of carbonyl (C=O) groups is 1. The van der Waals surface area contributed by atoms with Gasteiger partial charge in [-0.2, -0.15) is 0 Å². The van der Waals surface area contributed by atoms with Crippen LogP contribution >= 0.6 is 0 Å². The predicted molar refractivity (Wildman–Crippen MR) is 191 cm³/mol. The van der Waals surface area contributed by atoms with Gasteiger partial charge in [0.1, 0.15) is 23.1 Å². The van der Waals surface area contributed by atoms with Gasteiger partial charge in [-0.25, -0.2) is 18.6 Å². The molecule has 0 aliphatic carbocycles. The van der Waals surface area contributed by atoms with Gasteiger partial charge in [-0.3, -0.25) is 0 Å². The number of imidazole rings is 1. The van der Waals surface area contributed by atoms with Crippen LogP contribution in [0.3, 0.4) is 0 Å². The Bertz CT molecular complexity index is 1540. The van der Waals surface area contributed by atoms with Crippen molar-refractivity contribution in [1.82, 2.24) is 19.8 Å². The largest absolute Gasteiger partial charge is 0.444 e. The molecule has 264 valence electrons. The first-order valence-corrected chi connectivity index (χ1v) is 20.0. The molecule has 1 N–H and O–H groups in total. The fourth-order valence-corrected chi connectivity index (χ4v) is 6.87. The number of amides is 1. The van der Waals surface area contributed by atoms with E-state index in [1.54, 1.807) is 0 Å². The lowest BCUT2D eigenvalue weighted by molar-refractivity contribution is 0.0281. The molecule has 1 aromatic heterocycles. The van der Waals surface area contributed by atoms with Gasteiger partial charge in [0, 0.05) is 50.5 Å². The zero-order valence-electron chi connectivity index (χ0n) is 30.8. The van der Waals surface area contributed by atoms with Crippen molar-refractivity contribution in [1.29, 1.82) is 0 Å². The summed E-state index contributed by atoms with van der Waals surface area (Å²) in [4.78, 5) is 20.0. The highest BCUT2D eigenvalue weighted by molar-refractivity contribution is 6.74. The first kappa shape index (κ1) is 37.7. The molecule has 48 heavy (non-hydrogen) atoms. The second kappa shape index (κ2) is 14.4. The minimum Gasteiger partial charge on any atom is -0.444 e. The molecule has 3 aromatic rings. The van der Waals surface area contributed by atoms with Gasteiger partial charge in [-0.15, -0.1) is 0 Å². The topological polar surface area (TPSA) is 68.6 Å². The number of benzene rings is 2. The number of hydrogen-bond donors (Lipinski definition) is 1. The third kappa shape index (κ3) is 9.54. The van der Waals surface area contributed by atoms with Crippen LogP contribution in [0.5, 0.6) is 0 Å². The van der Waals surface area contributed by atoms with Crippen molar-refractivity contribution in [2.24, 2.45) is 17.3 Å². The van der Waals surface area contributed by atoms with Crippen LogP contribution in [-0.4, -0.2) is 60.7 Å². The second-order valence-corrected chi connectivity index (χ2v) is 21.7. The van der Waals surface area contributed by atoms with Gasteiger partial charge in [-0.05, 0) is 74.0 Å². The Morgan fingerprint density at radius 3 is 2.23 bits per heavy atom. The lowest BCUT2D eigenvalue weighted by Gasteiger charge is -2.37. The normalized spacial score (nSPS) is 18.3. The van der Waals surface area contributed by atoms with E-state index in [9.17, 15) is 9.18 Å². The zero-order valence-corrected chi connectivity index (χ0v) is 31.8. The minimum atomic E-state index is -2.03. The average molecular weight is 683 g/mol. The summed E-state index contributed by atoms with van der Waals surface area (Å²) in [6.07, 6.45) is 1.51. The Labute approximate surface area is 287 Å². The molecule has 7 nitrogen and oxygen atoms in total. The van der Waals surface area contributed by atoms with Crippen molar-refractivity contribution < 1.29 is 22.7 Å². The predicted octanol–water partition coefficient (Wildman–Crippen LogP) is 9.06. The fraction of sp³-hybridized carbons (Fsp3) is 0.579. The molecule has 3 atom stereocenters. The van der Waals surface area contributed by atoms with Gasteiger partial charge < -0.3 is 23.9 Å². The van der Waals surface area contributed by atoms with Crippen LogP contribution < -0.4 is 5.32 Å². The minimum absolute atomic E-state index is 0.0657. The lowest BCUT2D eigenvalue weighted by Crippen LogP contribution is -2.43. The van der Waals surface area contributed by atoms with Gasteiger partial charge in [0.25, 0.3) is 0 Å². The van der Waals surface area contributed by atoms with E-state index < -0.39 is 25.6 Å². The van der Waals surface area contributed by atoms with Gasteiger partial charge in [0.15, 0.2) is 8.32 Å². The summed E-state index contributed by atoms with van der Waals surface area (Å²) in [5.74, 6) is -0.0881. The van der Waals surface area contributed by atoms with Crippen LogP contribution in [0.2, 0.25) is 18.1 Å². The monoisotopic (exact) mass is 682 g/mol. The summed E-state index contributed by atoms with van der Waals surface area (Å²) in [5.41, 5.74) is 0.691. The standard InChI is InChI=1S/C38H56F2N4O3Si/c1-36(2,3)33(34-42-32(30-19-29(39)17-18-31(30)40)24-43(34)21-26-15-13-12-14-16-26)41-20-27-22-44(35(45)47-37(4,5)6)23-28(27)25-46-48(10,11)38(7,8)9/h12-19,24,27-28,33,41H,20-23,25H2,1-11H3/t27?,28?,33-/m0/s1. The highest BCUT2D eigenvalue weighted by atomic mass is 28.4. The number of halogens is 2. The molecule has 10 heteroatoms. The first-order chi connectivity index (χ1) is 22.1. The molecule has 1 aliphatic rings. The number of nitrogens with one attached hydrogen (secondary N) is 1. The maximum atomic E-state index is 15.0. The van der Waals surface area contributed by atoms with Crippen LogP contribution in [0.15, 0.2) is 54.7 Å². The maximum absolute atomic E-state index is 15.0. The Morgan fingerprint density at radius 2 is 1.62 bits per heavy atom. The summed E-state index contributed by atoms with van der Waals surface area (Å²) in [7, 11) is -2.03. The lowest BCUT2D eigenvalue weighted by atomic mass is 9.85. The Balaban J connectivity index is 1.66. The number of hydrogen-bond acceptors (Lipinski definition) is 5. The molecular formula is C38H56F2N4O3Si. The summed E-state index contributed by atoms with van der Waals surface area (Å²) in [5, 5.41) is 3.89. The SMILES string of the molecule is CC(C)(C)OC(=O)N1CC(CN[C@@H](c2nc(-c3cc(F)ccc3F)cn2Cc2ccccc2)C(C)(C)C)C(CO[Si](C)(C)C(C)(C)C)C1. The van der Waals surface area contributed by atoms with Crippen molar-refractivity contribution in [2.45, 2.75) is 98.6 Å². The molecule has 1 amide bonds. The summed E-state index contributed by atoms with van der Waals surface area (Å²) in [6, 6.07) is 13.2. The van der Waals surface area contributed by atoms with E-state index in [0.29, 0.717) is 38.5 Å². The molecule has 2 heterocycles. The average Bonchev–Trinajstić information content (AvgIpc) is 3.56. The van der Waals surface area contributed by atoms with Gasteiger partial charge in [0.05, 0.1) is 11.7 Å². The molecule has 1 saturated heterocycles. The van der Waals surface area contributed by atoms with Gasteiger partial charge in [-0.1, -0.05) is 71.9 Å². The molecule has 1 fully saturated rings. The summed E-state index contributed by atoms with van der Waals surface area (Å²) < 4.78 is 43.8. The van der Waals surface area contributed by atoms with E-state index >= 15 is 4.39 Å². The molecule has 0 saturated carbocycles.